The maximum absolute atomic E-state index is 5.76. The SMILES string of the molecule is Cc1nsc(Sc2ncc(Cl)cc2N)n1. The molecular weight excluding hydrogens is 252 g/mol. The van der Waals surface area contributed by atoms with E-state index < -0.39 is 0 Å². The summed E-state index contributed by atoms with van der Waals surface area (Å²) in [6.07, 6.45) is 1.56. The van der Waals surface area contributed by atoms with Gasteiger partial charge in [-0.05, 0) is 36.3 Å². The molecule has 0 spiro atoms. The number of hydrogen-bond donors (Lipinski definition) is 1. The van der Waals surface area contributed by atoms with Crippen LogP contribution in [0.1, 0.15) is 5.82 Å². The first kappa shape index (κ1) is 10.7. The molecule has 0 atom stereocenters. The van der Waals surface area contributed by atoms with E-state index in [0.29, 0.717) is 15.7 Å². The second-order valence-corrected chi connectivity index (χ2v) is 5.18. The number of halogens is 1. The standard InChI is InChI=1S/C8H7ClN4S2/c1-4-12-8(15-13-4)14-7-6(10)2-5(9)3-11-7/h2-3H,10H2,1H3. The maximum Gasteiger partial charge on any atom is 0.176 e. The highest BCUT2D eigenvalue weighted by Crippen LogP contribution is 2.32. The zero-order valence-corrected chi connectivity index (χ0v) is 10.2. The normalized spacial score (nSPS) is 10.5. The Morgan fingerprint density at radius 1 is 1.53 bits per heavy atom. The van der Waals surface area contributed by atoms with E-state index in [0.717, 1.165) is 10.2 Å². The molecule has 0 unspecified atom stereocenters. The molecule has 78 valence electrons. The third kappa shape index (κ3) is 2.58. The van der Waals surface area contributed by atoms with Gasteiger partial charge in [0.1, 0.15) is 10.9 Å². The van der Waals surface area contributed by atoms with Crippen LogP contribution in [0.4, 0.5) is 5.69 Å². The predicted molar refractivity (Wildman–Crippen MR) is 62.4 cm³/mol. The Labute approximate surface area is 100 Å². The Balaban J connectivity index is 2.24. The van der Waals surface area contributed by atoms with E-state index in [1.807, 2.05) is 6.92 Å². The lowest BCUT2D eigenvalue weighted by molar-refractivity contribution is 1.09. The lowest BCUT2D eigenvalue weighted by atomic mass is 10.4. The summed E-state index contributed by atoms with van der Waals surface area (Å²) in [4.78, 5) is 8.34. The highest BCUT2D eigenvalue weighted by molar-refractivity contribution is 8.01. The van der Waals surface area contributed by atoms with E-state index in [4.69, 9.17) is 17.3 Å². The topological polar surface area (TPSA) is 64.7 Å². The fourth-order valence-corrected chi connectivity index (χ4v) is 2.64. The van der Waals surface area contributed by atoms with Gasteiger partial charge in [-0.15, -0.1) is 0 Å². The first-order valence-electron chi connectivity index (χ1n) is 4.04. The molecule has 0 fully saturated rings. The van der Waals surface area contributed by atoms with Gasteiger partial charge in [0, 0.05) is 6.20 Å². The molecule has 2 aromatic rings. The lowest BCUT2D eigenvalue weighted by Gasteiger charge is -2.00. The van der Waals surface area contributed by atoms with Crippen molar-refractivity contribution in [2.24, 2.45) is 0 Å². The molecule has 0 saturated heterocycles. The molecule has 2 N–H and O–H groups in total. The smallest absolute Gasteiger partial charge is 0.176 e. The predicted octanol–water partition coefficient (Wildman–Crippen LogP) is 2.63. The molecule has 0 aliphatic carbocycles. The molecule has 7 heteroatoms. The number of nitrogens with zero attached hydrogens (tertiary/aromatic N) is 3. The summed E-state index contributed by atoms with van der Waals surface area (Å²) >= 11 is 8.47. The molecule has 0 aliphatic rings. The number of hydrogen-bond acceptors (Lipinski definition) is 6. The zero-order valence-electron chi connectivity index (χ0n) is 7.77. The second kappa shape index (κ2) is 4.34. The van der Waals surface area contributed by atoms with Gasteiger partial charge in [-0.3, -0.25) is 0 Å². The highest BCUT2D eigenvalue weighted by Gasteiger charge is 2.07. The van der Waals surface area contributed by atoms with E-state index in [9.17, 15) is 0 Å². The van der Waals surface area contributed by atoms with E-state index in [2.05, 4.69) is 14.3 Å². The van der Waals surface area contributed by atoms with Crippen LogP contribution < -0.4 is 5.73 Å². The van der Waals surface area contributed by atoms with Gasteiger partial charge in [-0.2, -0.15) is 4.37 Å². The van der Waals surface area contributed by atoms with Crippen LogP contribution in [0, 0.1) is 6.92 Å². The van der Waals surface area contributed by atoms with E-state index in [1.54, 1.807) is 12.3 Å². The minimum atomic E-state index is 0.533. The van der Waals surface area contributed by atoms with E-state index in [1.165, 1.54) is 23.3 Å². The summed E-state index contributed by atoms with van der Waals surface area (Å²) in [6, 6.07) is 1.67. The van der Waals surface area contributed by atoms with Crippen LogP contribution in [0.2, 0.25) is 5.02 Å². The van der Waals surface area contributed by atoms with Gasteiger partial charge in [-0.1, -0.05) is 11.6 Å². The molecular formula is C8H7ClN4S2. The molecule has 0 saturated carbocycles. The zero-order chi connectivity index (χ0) is 10.8. The van der Waals surface area contributed by atoms with Crippen LogP contribution in [0.5, 0.6) is 0 Å². The molecule has 0 aromatic carbocycles. The van der Waals surface area contributed by atoms with Gasteiger partial charge in [0.25, 0.3) is 0 Å². The van der Waals surface area contributed by atoms with Crippen LogP contribution in [-0.4, -0.2) is 14.3 Å². The van der Waals surface area contributed by atoms with Crippen LogP contribution in [0.25, 0.3) is 0 Å². The number of nitrogen functional groups attached to an aromatic ring is 1. The number of rotatable bonds is 2. The number of pyridine rings is 1. The number of anilines is 1. The van der Waals surface area contributed by atoms with Gasteiger partial charge >= 0.3 is 0 Å². The fraction of sp³-hybridized carbons (Fsp3) is 0.125. The highest BCUT2D eigenvalue weighted by atomic mass is 35.5. The molecule has 0 radical (unpaired) electrons. The molecule has 4 nitrogen and oxygen atoms in total. The van der Waals surface area contributed by atoms with Crippen molar-refractivity contribution in [1.29, 1.82) is 0 Å². The van der Waals surface area contributed by atoms with Crippen molar-refractivity contribution in [3.05, 3.63) is 23.1 Å². The van der Waals surface area contributed by atoms with Crippen molar-refractivity contribution in [1.82, 2.24) is 14.3 Å². The third-order valence-electron chi connectivity index (χ3n) is 1.54. The second-order valence-electron chi connectivity index (χ2n) is 2.76. The Hall–Kier alpha value is -0.850. The number of aromatic nitrogens is 3. The monoisotopic (exact) mass is 258 g/mol. The van der Waals surface area contributed by atoms with Crippen molar-refractivity contribution in [2.45, 2.75) is 16.3 Å². The fourth-order valence-electron chi connectivity index (χ4n) is 0.930. The minimum absolute atomic E-state index is 0.533. The molecule has 2 aromatic heterocycles. The van der Waals surface area contributed by atoms with Crippen molar-refractivity contribution in [3.8, 4) is 0 Å². The van der Waals surface area contributed by atoms with Gasteiger partial charge in [0.15, 0.2) is 4.34 Å². The first-order chi connectivity index (χ1) is 7.15. The van der Waals surface area contributed by atoms with Crippen molar-refractivity contribution < 1.29 is 0 Å². The average molecular weight is 259 g/mol. The third-order valence-corrected chi connectivity index (χ3v) is 3.62. The first-order valence-corrected chi connectivity index (χ1v) is 6.01. The minimum Gasteiger partial charge on any atom is -0.396 e. The largest absolute Gasteiger partial charge is 0.396 e. The molecule has 2 heterocycles. The Morgan fingerprint density at radius 2 is 2.33 bits per heavy atom. The van der Waals surface area contributed by atoms with Crippen LogP contribution in [0.15, 0.2) is 21.6 Å². The van der Waals surface area contributed by atoms with Gasteiger partial charge in [0.2, 0.25) is 0 Å². The summed E-state index contributed by atoms with van der Waals surface area (Å²) in [7, 11) is 0. The van der Waals surface area contributed by atoms with Gasteiger partial charge < -0.3 is 5.73 Å². The molecule has 0 amide bonds. The molecule has 0 bridgehead atoms. The quantitative estimate of drug-likeness (QED) is 0.897. The van der Waals surface area contributed by atoms with Crippen molar-refractivity contribution in [2.75, 3.05) is 5.73 Å². The van der Waals surface area contributed by atoms with Crippen molar-refractivity contribution >= 4 is 40.6 Å². The van der Waals surface area contributed by atoms with Crippen LogP contribution >= 0.6 is 34.9 Å². The van der Waals surface area contributed by atoms with Crippen molar-refractivity contribution in [3.63, 3.8) is 0 Å². The number of nitrogens with two attached hydrogens (primary N) is 1. The van der Waals surface area contributed by atoms with E-state index >= 15 is 0 Å². The van der Waals surface area contributed by atoms with Crippen LogP contribution in [-0.2, 0) is 0 Å². The molecule has 2 rings (SSSR count). The summed E-state index contributed by atoms with van der Waals surface area (Å²) in [6.45, 7) is 1.85. The summed E-state index contributed by atoms with van der Waals surface area (Å²) < 4.78 is 4.90. The van der Waals surface area contributed by atoms with Crippen LogP contribution in [0.3, 0.4) is 0 Å². The lowest BCUT2D eigenvalue weighted by Crippen LogP contribution is -1.91. The van der Waals surface area contributed by atoms with Gasteiger partial charge in [0.05, 0.1) is 10.7 Å². The Kier molecular flexibility index (Phi) is 3.08. The van der Waals surface area contributed by atoms with E-state index in [-0.39, 0.29) is 0 Å². The summed E-state index contributed by atoms with van der Waals surface area (Å²) in [5.74, 6) is 0.759. The van der Waals surface area contributed by atoms with Gasteiger partial charge in [-0.25, -0.2) is 9.97 Å². The molecule has 15 heavy (non-hydrogen) atoms. The summed E-state index contributed by atoms with van der Waals surface area (Å²) in [5, 5.41) is 1.24. The average Bonchev–Trinajstić information content (AvgIpc) is 2.56. The maximum atomic E-state index is 5.76. The Morgan fingerprint density at radius 3 is 2.93 bits per heavy atom. The Bertz CT molecular complexity index is 485. The number of aryl methyl sites for hydroxylation is 1. The summed E-state index contributed by atoms with van der Waals surface area (Å²) in [5.41, 5.74) is 6.32. The molecule has 0 aliphatic heterocycles.